The predicted octanol–water partition coefficient (Wildman–Crippen LogP) is 15.3. The Morgan fingerprint density at radius 1 is 0.383 bits per heavy atom. The van der Waals surface area contributed by atoms with Gasteiger partial charge < -0.3 is 4.42 Å². The van der Waals surface area contributed by atoms with Crippen molar-refractivity contribution in [3.8, 4) is 67.3 Å². The van der Waals surface area contributed by atoms with Crippen molar-refractivity contribution in [3.05, 3.63) is 205 Å². The topological polar surface area (TPSA) is 38.9 Å². The average Bonchev–Trinajstić information content (AvgIpc) is 3.79. The molecule has 2 heterocycles. The minimum atomic E-state index is -0.148. The second-order valence-electron chi connectivity index (χ2n) is 16.5. The van der Waals surface area contributed by atoms with Gasteiger partial charge in [0.25, 0.3) is 0 Å². The zero-order valence-corrected chi connectivity index (χ0v) is 33.3. The molecule has 282 valence electrons. The maximum atomic E-state index is 6.40. The van der Waals surface area contributed by atoms with E-state index in [0.717, 1.165) is 66.7 Å². The van der Waals surface area contributed by atoms with E-state index in [0.29, 0.717) is 5.82 Å². The second kappa shape index (κ2) is 13.2. The first-order chi connectivity index (χ1) is 29.5. The number of aromatic nitrogens is 2. The highest BCUT2D eigenvalue weighted by atomic mass is 16.3. The molecule has 0 bridgehead atoms. The molecule has 1 aliphatic carbocycles. The summed E-state index contributed by atoms with van der Waals surface area (Å²) in [6, 6.07) is 69.5. The third-order valence-corrected chi connectivity index (χ3v) is 12.7. The SMILES string of the molecule is CC1(C)c2cc3ccccc3cc2-c2c(-c3ccccc3-c3cc(-c4ccccc4-c4ccc5oc6ccc7ccccc7c6c5c4)nc(-c4ccccc4)n3)cccc21. The molecule has 0 radical (unpaired) electrons. The highest BCUT2D eigenvalue weighted by Crippen LogP contribution is 2.54. The second-order valence-corrected chi connectivity index (χ2v) is 16.5. The fraction of sp³-hybridized carbons (Fsp3) is 0.0526. The van der Waals surface area contributed by atoms with Crippen LogP contribution in [0.1, 0.15) is 25.0 Å². The van der Waals surface area contributed by atoms with Crippen molar-refractivity contribution in [2.24, 2.45) is 0 Å². The molecule has 0 N–H and O–H groups in total. The fourth-order valence-corrected chi connectivity index (χ4v) is 9.75. The standard InChI is InChI=1S/C57H38N2O/c1-57(2)48-26-14-25-45(54(48)46-31-37-18-6-7-19-38(37)33-49(46)57)42-22-11-13-24-44(42)51-34-50(58-56(59-51)36-16-4-3-5-17-36)43-23-12-10-20-40(43)39-28-29-52-47(32-39)55-41-21-9-8-15-35(41)27-30-53(55)60-52/h3-34H,1-2H3. The molecule has 2 aromatic heterocycles. The highest BCUT2D eigenvalue weighted by Gasteiger charge is 2.37. The lowest BCUT2D eigenvalue weighted by Gasteiger charge is -2.22. The summed E-state index contributed by atoms with van der Waals surface area (Å²) in [4.78, 5) is 10.7. The lowest BCUT2D eigenvalue weighted by atomic mass is 9.81. The molecule has 3 heteroatoms. The number of nitrogens with zero attached hydrogens (tertiary/aromatic N) is 2. The van der Waals surface area contributed by atoms with Gasteiger partial charge in [0.1, 0.15) is 11.2 Å². The highest BCUT2D eigenvalue weighted by molar-refractivity contribution is 6.19. The summed E-state index contributed by atoms with van der Waals surface area (Å²) in [6.07, 6.45) is 0. The third kappa shape index (κ3) is 5.29. The smallest absolute Gasteiger partial charge is 0.160 e. The average molecular weight is 767 g/mol. The minimum Gasteiger partial charge on any atom is -0.456 e. The molecule has 0 fully saturated rings. The number of furan rings is 1. The van der Waals surface area contributed by atoms with Gasteiger partial charge in [0.05, 0.1) is 11.4 Å². The van der Waals surface area contributed by atoms with E-state index in [1.807, 2.05) is 6.07 Å². The number of benzene rings is 9. The van der Waals surface area contributed by atoms with Crippen LogP contribution in [0.3, 0.4) is 0 Å². The van der Waals surface area contributed by atoms with Crippen molar-refractivity contribution >= 4 is 43.5 Å². The van der Waals surface area contributed by atoms with Crippen molar-refractivity contribution in [3.63, 3.8) is 0 Å². The first-order valence-corrected chi connectivity index (χ1v) is 20.6. The van der Waals surface area contributed by atoms with E-state index < -0.39 is 0 Å². The van der Waals surface area contributed by atoms with E-state index in [2.05, 4.69) is 202 Å². The first kappa shape index (κ1) is 34.4. The molecule has 9 aromatic carbocycles. The molecule has 0 saturated heterocycles. The summed E-state index contributed by atoms with van der Waals surface area (Å²) in [7, 11) is 0. The summed E-state index contributed by atoms with van der Waals surface area (Å²) in [6.45, 7) is 4.72. The van der Waals surface area contributed by atoms with Crippen LogP contribution in [0.2, 0.25) is 0 Å². The van der Waals surface area contributed by atoms with E-state index in [1.165, 1.54) is 49.4 Å². The lowest BCUT2D eigenvalue weighted by molar-refractivity contribution is 0.661. The molecule has 60 heavy (non-hydrogen) atoms. The Balaban J connectivity index is 1.06. The van der Waals surface area contributed by atoms with E-state index in [-0.39, 0.29) is 5.41 Å². The maximum absolute atomic E-state index is 6.40. The van der Waals surface area contributed by atoms with Crippen LogP contribution in [0, 0.1) is 0 Å². The quantitative estimate of drug-likeness (QED) is 0.175. The van der Waals surface area contributed by atoms with Crippen molar-refractivity contribution in [2.75, 3.05) is 0 Å². The Kier molecular flexibility index (Phi) is 7.58. The zero-order chi connectivity index (χ0) is 40.0. The van der Waals surface area contributed by atoms with Crippen molar-refractivity contribution < 1.29 is 4.42 Å². The van der Waals surface area contributed by atoms with Crippen molar-refractivity contribution in [1.82, 2.24) is 9.97 Å². The molecule has 12 rings (SSSR count). The predicted molar refractivity (Wildman–Crippen MR) is 249 cm³/mol. The van der Waals surface area contributed by atoms with Gasteiger partial charge in [0, 0.05) is 32.9 Å². The Hall–Kier alpha value is -7.62. The Morgan fingerprint density at radius 2 is 1.00 bits per heavy atom. The number of hydrogen-bond donors (Lipinski definition) is 0. The van der Waals surface area contributed by atoms with Crippen LogP contribution in [-0.2, 0) is 5.41 Å². The summed E-state index contributed by atoms with van der Waals surface area (Å²) >= 11 is 0. The monoisotopic (exact) mass is 766 g/mol. The molecule has 11 aromatic rings. The minimum absolute atomic E-state index is 0.148. The van der Waals surface area contributed by atoms with E-state index >= 15 is 0 Å². The van der Waals surface area contributed by atoms with Gasteiger partial charge in [-0.05, 0) is 102 Å². The van der Waals surface area contributed by atoms with Crippen LogP contribution in [0.5, 0.6) is 0 Å². The molecule has 1 aliphatic rings. The summed E-state index contributed by atoms with van der Waals surface area (Å²) in [5.74, 6) is 0.687. The largest absolute Gasteiger partial charge is 0.456 e. The fourth-order valence-electron chi connectivity index (χ4n) is 9.75. The maximum Gasteiger partial charge on any atom is 0.160 e. The number of rotatable bonds is 5. The number of fused-ring (bicyclic) bond motifs is 9. The van der Waals surface area contributed by atoms with Crippen LogP contribution < -0.4 is 0 Å². The molecule has 3 nitrogen and oxygen atoms in total. The molecule has 0 spiro atoms. The summed E-state index contributed by atoms with van der Waals surface area (Å²) in [5.41, 5.74) is 16.3. The summed E-state index contributed by atoms with van der Waals surface area (Å²) in [5, 5.41) is 7.15. The molecule has 0 saturated carbocycles. The van der Waals surface area contributed by atoms with E-state index in [9.17, 15) is 0 Å². The molecular weight excluding hydrogens is 729 g/mol. The van der Waals surface area contributed by atoms with Gasteiger partial charge in [-0.1, -0.05) is 172 Å². The summed E-state index contributed by atoms with van der Waals surface area (Å²) < 4.78 is 6.40. The van der Waals surface area contributed by atoms with E-state index in [4.69, 9.17) is 14.4 Å². The Morgan fingerprint density at radius 3 is 1.78 bits per heavy atom. The Bertz CT molecular complexity index is 3520. The number of hydrogen-bond acceptors (Lipinski definition) is 3. The van der Waals surface area contributed by atoms with Crippen molar-refractivity contribution in [2.45, 2.75) is 19.3 Å². The van der Waals surface area contributed by atoms with Crippen LogP contribution in [-0.4, -0.2) is 9.97 Å². The van der Waals surface area contributed by atoms with Crippen LogP contribution in [0.4, 0.5) is 0 Å². The molecular formula is C57H38N2O. The van der Waals surface area contributed by atoms with Gasteiger partial charge >= 0.3 is 0 Å². The van der Waals surface area contributed by atoms with Gasteiger partial charge in [0.15, 0.2) is 5.82 Å². The van der Waals surface area contributed by atoms with Gasteiger partial charge in [-0.25, -0.2) is 9.97 Å². The van der Waals surface area contributed by atoms with Gasteiger partial charge in [-0.3, -0.25) is 0 Å². The zero-order valence-electron chi connectivity index (χ0n) is 33.3. The molecule has 0 unspecified atom stereocenters. The van der Waals surface area contributed by atoms with Crippen LogP contribution >= 0.6 is 0 Å². The van der Waals surface area contributed by atoms with Gasteiger partial charge in [-0.15, -0.1) is 0 Å². The third-order valence-electron chi connectivity index (χ3n) is 12.7. The van der Waals surface area contributed by atoms with E-state index in [1.54, 1.807) is 0 Å². The molecule has 0 amide bonds. The van der Waals surface area contributed by atoms with Gasteiger partial charge in [0.2, 0.25) is 0 Å². The van der Waals surface area contributed by atoms with Crippen molar-refractivity contribution in [1.29, 1.82) is 0 Å². The lowest BCUT2D eigenvalue weighted by Crippen LogP contribution is -2.14. The van der Waals surface area contributed by atoms with Gasteiger partial charge in [-0.2, -0.15) is 0 Å². The van der Waals surface area contributed by atoms with Crippen LogP contribution in [0.15, 0.2) is 199 Å². The first-order valence-electron chi connectivity index (χ1n) is 20.6. The molecule has 0 atom stereocenters. The molecule has 0 aliphatic heterocycles. The van der Waals surface area contributed by atoms with Crippen LogP contribution in [0.25, 0.3) is 111 Å². The Labute approximate surface area is 348 Å². The normalized spacial score (nSPS) is 13.0.